The van der Waals surface area contributed by atoms with Gasteiger partial charge in [0.1, 0.15) is 0 Å². The van der Waals surface area contributed by atoms with Gasteiger partial charge in [0, 0.05) is 42.4 Å². The van der Waals surface area contributed by atoms with Gasteiger partial charge >= 0.3 is 0 Å². The first-order valence-electron chi connectivity index (χ1n) is 10.9. The number of hydrogen-bond donors (Lipinski definition) is 1. The molecule has 0 saturated heterocycles. The Kier molecular flexibility index (Phi) is 5.13. The van der Waals surface area contributed by atoms with Crippen molar-refractivity contribution in [3.8, 4) is 0 Å². The standard InChI is InChI=1S/C27H22N2O4/c1-29(27(33)23-15-25(31)21-12-5-3-10-19(21)23)17-8-6-7-16(13-17)28-26(32)22-14-24(30)20-11-4-2-9-18(20)22/h2-13,22-23H,14-15H2,1H3,(H,28,32). The molecule has 0 fully saturated rings. The Morgan fingerprint density at radius 2 is 1.36 bits per heavy atom. The summed E-state index contributed by atoms with van der Waals surface area (Å²) in [4.78, 5) is 52.2. The summed E-state index contributed by atoms with van der Waals surface area (Å²) in [5, 5.41) is 2.89. The molecule has 2 aliphatic rings. The minimum absolute atomic E-state index is 0.0234. The Bertz CT molecular complexity index is 1310. The van der Waals surface area contributed by atoms with Crippen LogP contribution in [0.5, 0.6) is 0 Å². The van der Waals surface area contributed by atoms with Crippen molar-refractivity contribution in [3.05, 3.63) is 95.1 Å². The SMILES string of the molecule is CN(C(=O)C1CC(=O)c2ccccc21)c1cccc(NC(=O)C2CC(=O)c3ccccc32)c1. The van der Waals surface area contributed by atoms with Gasteiger partial charge in [-0.15, -0.1) is 0 Å². The lowest BCUT2D eigenvalue weighted by Crippen LogP contribution is -2.31. The number of Topliss-reactive ketones (excluding diaryl/α,β-unsaturated/α-hetero) is 2. The maximum atomic E-state index is 13.2. The van der Waals surface area contributed by atoms with Gasteiger partial charge in [0.15, 0.2) is 11.6 Å². The van der Waals surface area contributed by atoms with Gasteiger partial charge < -0.3 is 10.2 Å². The zero-order chi connectivity index (χ0) is 23.1. The van der Waals surface area contributed by atoms with E-state index in [1.54, 1.807) is 55.6 Å². The Balaban J connectivity index is 1.34. The Hall–Kier alpha value is -4.06. The van der Waals surface area contributed by atoms with Crippen LogP contribution in [0.3, 0.4) is 0 Å². The average molecular weight is 438 g/mol. The molecule has 0 bridgehead atoms. The molecule has 0 heterocycles. The van der Waals surface area contributed by atoms with Gasteiger partial charge in [-0.2, -0.15) is 0 Å². The number of ketones is 2. The normalized spacial score (nSPS) is 18.6. The van der Waals surface area contributed by atoms with Crippen LogP contribution in [0.15, 0.2) is 72.8 Å². The van der Waals surface area contributed by atoms with E-state index in [2.05, 4.69) is 5.32 Å². The van der Waals surface area contributed by atoms with E-state index in [4.69, 9.17) is 0 Å². The van der Waals surface area contributed by atoms with Crippen LogP contribution in [0.25, 0.3) is 0 Å². The molecule has 164 valence electrons. The zero-order valence-corrected chi connectivity index (χ0v) is 18.1. The predicted molar refractivity (Wildman–Crippen MR) is 125 cm³/mol. The van der Waals surface area contributed by atoms with Crippen molar-refractivity contribution in [3.63, 3.8) is 0 Å². The Labute approximate surface area is 191 Å². The number of amides is 2. The molecular weight excluding hydrogens is 416 g/mol. The first kappa shape index (κ1) is 20.8. The number of benzene rings is 3. The quantitative estimate of drug-likeness (QED) is 0.657. The lowest BCUT2D eigenvalue weighted by Gasteiger charge is -2.22. The highest BCUT2D eigenvalue weighted by atomic mass is 16.2. The van der Waals surface area contributed by atoms with Gasteiger partial charge in [0.2, 0.25) is 11.8 Å². The summed E-state index contributed by atoms with van der Waals surface area (Å²) in [6, 6.07) is 21.4. The molecule has 0 radical (unpaired) electrons. The van der Waals surface area contributed by atoms with Crippen LogP contribution in [0.4, 0.5) is 11.4 Å². The van der Waals surface area contributed by atoms with Crippen molar-refractivity contribution in [2.24, 2.45) is 0 Å². The number of hydrogen-bond acceptors (Lipinski definition) is 4. The third-order valence-corrected chi connectivity index (χ3v) is 6.50. The van der Waals surface area contributed by atoms with Crippen molar-refractivity contribution in [1.82, 2.24) is 0 Å². The fourth-order valence-electron chi connectivity index (χ4n) is 4.76. The van der Waals surface area contributed by atoms with E-state index >= 15 is 0 Å². The molecule has 0 spiro atoms. The van der Waals surface area contributed by atoms with Crippen molar-refractivity contribution >= 4 is 34.8 Å². The van der Waals surface area contributed by atoms with E-state index in [0.29, 0.717) is 22.5 Å². The van der Waals surface area contributed by atoms with E-state index in [0.717, 1.165) is 11.1 Å². The van der Waals surface area contributed by atoms with Gasteiger partial charge in [-0.1, -0.05) is 54.6 Å². The number of carbonyl (C=O) groups excluding carboxylic acids is 4. The molecule has 2 amide bonds. The van der Waals surface area contributed by atoms with Gasteiger partial charge in [-0.25, -0.2) is 0 Å². The Morgan fingerprint density at radius 3 is 2.03 bits per heavy atom. The van der Waals surface area contributed by atoms with Crippen LogP contribution < -0.4 is 10.2 Å². The van der Waals surface area contributed by atoms with Gasteiger partial charge in [-0.3, -0.25) is 19.2 Å². The topological polar surface area (TPSA) is 83.6 Å². The largest absolute Gasteiger partial charge is 0.325 e. The lowest BCUT2D eigenvalue weighted by atomic mass is 9.99. The van der Waals surface area contributed by atoms with E-state index in [1.165, 1.54) is 4.90 Å². The second-order valence-corrected chi connectivity index (χ2v) is 8.47. The van der Waals surface area contributed by atoms with Crippen LogP contribution >= 0.6 is 0 Å². The van der Waals surface area contributed by atoms with Crippen LogP contribution in [-0.4, -0.2) is 30.4 Å². The van der Waals surface area contributed by atoms with Gasteiger partial charge in [0.05, 0.1) is 11.8 Å². The molecule has 0 aliphatic heterocycles. The van der Waals surface area contributed by atoms with Gasteiger partial charge in [-0.05, 0) is 29.3 Å². The van der Waals surface area contributed by atoms with Crippen LogP contribution in [0, 0.1) is 0 Å². The molecular formula is C27H22N2O4. The predicted octanol–water partition coefficient (Wildman–Crippen LogP) is 4.33. The maximum absolute atomic E-state index is 13.2. The van der Waals surface area contributed by atoms with E-state index in [9.17, 15) is 19.2 Å². The number of anilines is 2. The summed E-state index contributed by atoms with van der Waals surface area (Å²) in [7, 11) is 1.67. The molecule has 33 heavy (non-hydrogen) atoms. The first-order valence-corrected chi connectivity index (χ1v) is 10.9. The highest BCUT2D eigenvalue weighted by Gasteiger charge is 2.36. The number of nitrogens with one attached hydrogen (secondary N) is 1. The number of fused-ring (bicyclic) bond motifs is 2. The highest BCUT2D eigenvalue weighted by molar-refractivity contribution is 6.11. The van der Waals surface area contributed by atoms with E-state index in [-0.39, 0.29) is 36.2 Å². The zero-order valence-electron chi connectivity index (χ0n) is 18.1. The molecule has 2 aliphatic carbocycles. The molecule has 0 saturated carbocycles. The second-order valence-electron chi connectivity index (χ2n) is 8.47. The van der Waals surface area contributed by atoms with Crippen molar-refractivity contribution < 1.29 is 19.2 Å². The fraction of sp³-hybridized carbons (Fsp3) is 0.185. The Morgan fingerprint density at radius 1 is 0.788 bits per heavy atom. The van der Waals surface area contributed by atoms with E-state index < -0.39 is 11.8 Å². The smallest absolute Gasteiger partial charge is 0.234 e. The molecule has 2 unspecified atom stereocenters. The number of carbonyl (C=O) groups is 4. The van der Waals surface area contributed by atoms with Crippen LogP contribution in [-0.2, 0) is 9.59 Å². The average Bonchev–Trinajstić information content (AvgIpc) is 3.36. The second kappa shape index (κ2) is 8.13. The third kappa shape index (κ3) is 3.63. The van der Waals surface area contributed by atoms with Crippen molar-refractivity contribution in [2.45, 2.75) is 24.7 Å². The number of nitrogens with zero attached hydrogens (tertiary/aromatic N) is 1. The van der Waals surface area contributed by atoms with Crippen molar-refractivity contribution in [2.75, 3.05) is 17.3 Å². The molecule has 6 heteroatoms. The van der Waals surface area contributed by atoms with Gasteiger partial charge in [0.25, 0.3) is 0 Å². The summed E-state index contributed by atoms with van der Waals surface area (Å²) in [5.41, 5.74) is 3.86. The molecule has 6 nitrogen and oxygen atoms in total. The molecule has 3 aromatic rings. The first-order chi connectivity index (χ1) is 15.9. The number of likely N-dealkylation sites (N-methyl/N-ethyl adjacent to an activating group) is 1. The third-order valence-electron chi connectivity index (χ3n) is 6.50. The minimum Gasteiger partial charge on any atom is -0.325 e. The number of rotatable bonds is 4. The molecule has 2 atom stereocenters. The fourth-order valence-corrected chi connectivity index (χ4v) is 4.76. The highest BCUT2D eigenvalue weighted by Crippen LogP contribution is 2.36. The monoisotopic (exact) mass is 438 g/mol. The maximum Gasteiger partial charge on any atom is 0.234 e. The van der Waals surface area contributed by atoms with Crippen LogP contribution in [0.2, 0.25) is 0 Å². The molecule has 1 N–H and O–H groups in total. The molecule has 5 rings (SSSR count). The summed E-state index contributed by atoms with van der Waals surface area (Å²) >= 11 is 0. The lowest BCUT2D eigenvalue weighted by molar-refractivity contribution is -0.119. The summed E-state index contributed by atoms with van der Waals surface area (Å²) in [5.74, 6) is -1.53. The molecule has 0 aromatic heterocycles. The summed E-state index contributed by atoms with van der Waals surface area (Å²) < 4.78 is 0. The van der Waals surface area contributed by atoms with Crippen molar-refractivity contribution in [1.29, 1.82) is 0 Å². The molecule has 3 aromatic carbocycles. The summed E-state index contributed by atoms with van der Waals surface area (Å²) in [6.07, 6.45) is 0.312. The van der Waals surface area contributed by atoms with Crippen LogP contribution in [0.1, 0.15) is 56.5 Å². The van der Waals surface area contributed by atoms with E-state index in [1.807, 2.05) is 24.3 Å². The minimum atomic E-state index is -0.530. The summed E-state index contributed by atoms with van der Waals surface area (Å²) in [6.45, 7) is 0.